The van der Waals surface area contributed by atoms with Crippen molar-refractivity contribution in [2.45, 2.75) is 12.6 Å². The fourth-order valence-corrected chi connectivity index (χ4v) is 4.68. The Bertz CT molecular complexity index is 1220. The number of rotatable bonds is 7. The van der Waals surface area contributed by atoms with E-state index in [1.54, 1.807) is 42.5 Å². The highest BCUT2D eigenvalue weighted by molar-refractivity contribution is 7.09. The lowest BCUT2D eigenvalue weighted by Gasteiger charge is -2.26. The molecule has 1 N–H and O–H groups in total. The second-order valence-electron chi connectivity index (χ2n) is 7.31. The van der Waals surface area contributed by atoms with Gasteiger partial charge in [-0.25, -0.2) is 0 Å². The van der Waals surface area contributed by atoms with E-state index in [0.717, 1.165) is 4.88 Å². The van der Waals surface area contributed by atoms with Gasteiger partial charge in [-0.1, -0.05) is 24.3 Å². The summed E-state index contributed by atoms with van der Waals surface area (Å²) in [7, 11) is 4.49. The highest BCUT2D eigenvalue weighted by atomic mass is 32.1. The zero-order chi connectivity index (χ0) is 23.5. The standard InChI is InChI=1S/C25H23NO6S/c1-30-15-10-11-20(32-3)18(13-15)23(27)21-22(17-8-4-5-9-19(17)31-2)26(25(29)24(21)28)14-16-7-6-12-33-16/h4-13,22,27H,14H2,1-3H3/b23-21+. The molecule has 1 atom stereocenters. The number of likely N-dealkylation sites (tertiary alicyclic amines) is 1. The molecule has 3 aromatic rings. The van der Waals surface area contributed by atoms with Crippen LogP contribution in [-0.2, 0) is 16.1 Å². The van der Waals surface area contributed by atoms with Crippen LogP contribution in [-0.4, -0.2) is 43.0 Å². The van der Waals surface area contributed by atoms with Crippen molar-refractivity contribution in [2.75, 3.05) is 21.3 Å². The van der Waals surface area contributed by atoms with Crippen LogP contribution in [0.2, 0.25) is 0 Å². The van der Waals surface area contributed by atoms with E-state index in [1.165, 1.54) is 37.6 Å². The number of Topliss-reactive ketones (excluding diaryl/α,β-unsaturated/α-hetero) is 1. The van der Waals surface area contributed by atoms with Crippen molar-refractivity contribution < 1.29 is 28.9 Å². The third kappa shape index (κ3) is 4.05. The normalized spacial score (nSPS) is 17.3. The van der Waals surface area contributed by atoms with Gasteiger partial charge >= 0.3 is 0 Å². The molecular weight excluding hydrogens is 442 g/mol. The molecule has 1 aromatic heterocycles. The summed E-state index contributed by atoms with van der Waals surface area (Å²) in [4.78, 5) is 28.8. The monoisotopic (exact) mass is 465 g/mol. The SMILES string of the molecule is COc1ccc(OC)c(/C(O)=C2\C(=O)C(=O)N(Cc3cccs3)C2c2ccccc2OC)c1. The zero-order valence-corrected chi connectivity index (χ0v) is 19.2. The number of thiophene rings is 1. The Labute approximate surface area is 195 Å². The van der Waals surface area contributed by atoms with Crippen LogP contribution < -0.4 is 14.2 Å². The summed E-state index contributed by atoms with van der Waals surface area (Å²) >= 11 is 1.49. The average molecular weight is 466 g/mol. The summed E-state index contributed by atoms with van der Waals surface area (Å²) in [5.41, 5.74) is 0.817. The minimum absolute atomic E-state index is 0.0346. The van der Waals surface area contributed by atoms with Crippen LogP contribution in [0.1, 0.15) is 22.0 Å². The molecule has 2 aromatic carbocycles. The van der Waals surface area contributed by atoms with Crippen LogP contribution in [0.4, 0.5) is 0 Å². The average Bonchev–Trinajstić information content (AvgIpc) is 3.45. The molecular formula is C25H23NO6S. The summed E-state index contributed by atoms with van der Waals surface area (Å²) < 4.78 is 16.2. The van der Waals surface area contributed by atoms with Gasteiger partial charge in [-0.3, -0.25) is 9.59 Å². The van der Waals surface area contributed by atoms with Gasteiger partial charge in [0.15, 0.2) is 0 Å². The minimum Gasteiger partial charge on any atom is -0.507 e. The predicted octanol–water partition coefficient (Wildman–Crippen LogP) is 4.40. The molecule has 2 heterocycles. The van der Waals surface area contributed by atoms with E-state index in [1.807, 2.05) is 17.5 Å². The van der Waals surface area contributed by atoms with Crippen LogP contribution in [0.3, 0.4) is 0 Å². The van der Waals surface area contributed by atoms with Gasteiger partial charge in [0, 0.05) is 10.4 Å². The summed E-state index contributed by atoms with van der Waals surface area (Å²) in [5.74, 6) is -0.485. The van der Waals surface area contributed by atoms with Gasteiger partial charge in [0.1, 0.15) is 23.0 Å². The van der Waals surface area contributed by atoms with Gasteiger partial charge in [0.05, 0.1) is 45.1 Å². The maximum atomic E-state index is 13.3. The third-order valence-corrected chi connectivity index (χ3v) is 6.40. The Morgan fingerprint density at radius 2 is 1.73 bits per heavy atom. The quantitative estimate of drug-likeness (QED) is 0.316. The smallest absolute Gasteiger partial charge is 0.295 e. The Morgan fingerprint density at radius 3 is 2.39 bits per heavy atom. The Hall–Kier alpha value is -3.78. The summed E-state index contributed by atoms with van der Waals surface area (Å²) in [5, 5.41) is 13.3. The van der Waals surface area contributed by atoms with E-state index in [9.17, 15) is 14.7 Å². The van der Waals surface area contributed by atoms with Crippen LogP contribution in [0, 0.1) is 0 Å². The van der Waals surface area contributed by atoms with Gasteiger partial charge in [-0.15, -0.1) is 11.3 Å². The molecule has 0 spiro atoms. The number of para-hydroxylation sites is 1. The minimum atomic E-state index is -0.848. The molecule has 33 heavy (non-hydrogen) atoms. The van der Waals surface area contributed by atoms with Crippen molar-refractivity contribution in [3.05, 3.63) is 81.6 Å². The molecule has 0 aliphatic carbocycles. The van der Waals surface area contributed by atoms with E-state index < -0.39 is 17.7 Å². The fourth-order valence-electron chi connectivity index (χ4n) is 3.97. The molecule has 1 aliphatic rings. The number of benzene rings is 2. The first-order valence-corrected chi connectivity index (χ1v) is 11.0. The molecule has 8 heteroatoms. The Morgan fingerprint density at radius 1 is 0.970 bits per heavy atom. The Kier molecular flexibility index (Phi) is 6.37. The number of hydrogen-bond donors (Lipinski definition) is 1. The van der Waals surface area contributed by atoms with Gasteiger partial charge < -0.3 is 24.2 Å². The van der Waals surface area contributed by atoms with Gasteiger partial charge in [-0.05, 0) is 35.7 Å². The molecule has 170 valence electrons. The summed E-state index contributed by atoms with van der Waals surface area (Å²) in [6, 6.07) is 15.0. The lowest BCUT2D eigenvalue weighted by atomic mass is 9.94. The maximum absolute atomic E-state index is 13.3. The highest BCUT2D eigenvalue weighted by Gasteiger charge is 2.47. The van der Waals surface area contributed by atoms with Gasteiger partial charge in [0.2, 0.25) is 0 Å². The molecule has 1 aliphatic heterocycles. The first kappa shape index (κ1) is 22.4. The number of ether oxygens (including phenoxy) is 3. The summed E-state index contributed by atoms with van der Waals surface area (Å²) in [6.45, 7) is 0.219. The van der Waals surface area contributed by atoms with Crippen molar-refractivity contribution >= 4 is 28.8 Å². The number of methoxy groups -OCH3 is 3. The van der Waals surface area contributed by atoms with E-state index in [-0.39, 0.29) is 23.4 Å². The van der Waals surface area contributed by atoms with E-state index in [4.69, 9.17) is 14.2 Å². The van der Waals surface area contributed by atoms with Crippen LogP contribution in [0.5, 0.6) is 17.2 Å². The molecule has 1 fully saturated rings. The molecule has 4 rings (SSSR count). The number of aliphatic hydroxyl groups excluding tert-OH is 1. The van der Waals surface area contributed by atoms with E-state index in [2.05, 4.69) is 0 Å². The summed E-state index contributed by atoms with van der Waals surface area (Å²) in [6.07, 6.45) is 0. The highest BCUT2D eigenvalue weighted by Crippen LogP contribution is 2.44. The molecule has 0 saturated carbocycles. The van der Waals surface area contributed by atoms with Gasteiger partial charge in [-0.2, -0.15) is 0 Å². The van der Waals surface area contributed by atoms with Crippen molar-refractivity contribution in [1.82, 2.24) is 4.90 Å². The number of amides is 1. The number of carbonyl (C=O) groups is 2. The van der Waals surface area contributed by atoms with Crippen LogP contribution >= 0.6 is 11.3 Å². The molecule has 0 bridgehead atoms. The first-order chi connectivity index (χ1) is 16.0. The van der Waals surface area contributed by atoms with Crippen molar-refractivity contribution in [1.29, 1.82) is 0 Å². The molecule has 7 nitrogen and oxygen atoms in total. The van der Waals surface area contributed by atoms with Crippen molar-refractivity contribution in [3.63, 3.8) is 0 Å². The molecule has 1 unspecified atom stereocenters. The zero-order valence-electron chi connectivity index (χ0n) is 18.4. The number of aliphatic hydroxyl groups is 1. The van der Waals surface area contributed by atoms with Crippen LogP contribution in [0.15, 0.2) is 65.6 Å². The topological polar surface area (TPSA) is 85.3 Å². The Balaban J connectivity index is 1.95. The maximum Gasteiger partial charge on any atom is 0.295 e. The van der Waals surface area contributed by atoms with Crippen molar-refractivity contribution in [2.24, 2.45) is 0 Å². The second kappa shape index (κ2) is 9.38. The van der Waals surface area contributed by atoms with Gasteiger partial charge in [0.25, 0.3) is 11.7 Å². The number of hydrogen-bond acceptors (Lipinski definition) is 7. The van der Waals surface area contributed by atoms with Crippen molar-refractivity contribution in [3.8, 4) is 17.2 Å². The largest absolute Gasteiger partial charge is 0.507 e. The van der Waals surface area contributed by atoms with Crippen LogP contribution in [0.25, 0.3) is 5.76 Å². The number of carbonyl (C=O) groups excluding carboxylic acids is 2. The second-order valence-corrected chi connectivity index (χ2v) is 8.35. The lowest BCUT2D eigenvalue weighted by Crippen LogP contribution is -2.29. The first-order valence-electron chi connectivity index (χ1n) is 10.2. The molecule has 0 radical (unpaired) electrons. The van der Waals surface area contributed by atoms with E-state index >= 15 is 0 Å². The molecule has 1 amide bonds. The molecule has 1 saturated heterocycles. The van der Waals surface area contributed by atoms with E-state index in [0.29, 0.717) is 22.8 Å². The number of nitrogens with zero attached hydrogens (tertiary/aromatic N) is 1. The number of ketones is 1. The predicted molar refractivity (Wildman–Crippen MR) is 125 cm³/mol. The lowest BCUT2D eigenvalue weighted by molar-refractivity contribution is -0.140. The third-order valence-electron chi connectivity index (χ3n) is 5.54. The fraction of sp³-hybridized carbons (Fsp3) is 0.200.